The number of carbonyl (C=O) groups is 2. The molecule has 1 aliphatic heterocycles. The Bertz CT molecular complexity index is 817. The molecule has 4 aliphatic rings. The van der Waals surface area contributed by atoms with Crippen LogP contribution in [0.3, 0.4) is 0 Å². The Morgan fingerprint density at radius 1 is 1.27 bits per heavy atom. The van der Waals surface area contributed by atoms with Crippen molar-refractivity contribution in [1.82, 2.24) is 5.32 Å². The molecule has 2 bridgehead atoms. The number of hydrogen-bond acceptors (Lipinski definition) is 5. The van der Waals surface area contributed by atoms with E-state index in [1.165, 1.54) is 0 Å². The van der Waals surface area contributed by atoms with E-state index in [4.69, 9.17) is 14.0 Å². The van der Waals surface area contributed by atoms with Gasteiger partial charge in [0.05, 0.1) is 11.2 Å². The van der Waals surface area contributed by atoms with Crippen LogP contribution >= 0.6 is 0 Å². The number of benzene rings is 1. The molecule has 162 valence electrons. The van der Waals surface area contributed by atoms with E-state index in [2.05, 4.69) is 26.1 Å². The molecule has 3 saturated carbocycles. The van der Waals surface area contributed by atoms with Crippen molar-refractivity contribution in [3.8, 4) is 0 Å². The van der Waals surface area contributed by atoms with Gasteiger partial charge in [-0.05, 0) is 55.8 Å². The molecule has 1 aromatic carbocycles. The number of carbonyl (C=O) groups excluding carboxylic acids is 1. The molecule has 1 spiro atoms. The normalized spacial score (nSPS) is 32.0. The molecule has 4 atom stereocenters. The summed E-state index contributed by atoms with van der Waals surface area (Å²) >= 11 is 0. The van der Waals surface area contributed by atoms with Crippen LogP contribution in [0.25, 0.3) is 0 Å². The number of carboxylic acid groups (broad SMARTS) is 1. The van der Waals surface area contributed by atoms with Crippen LogP contribution in [-0.4, -0.2) is 41.5 Å². The van der Waals surface area contributed by atoms with E-state index in [1.54, 1.807) is 0 Å². The zero-order chi connectivity index (χ0) is 21.6. The zero-order valence-electron chi connectivity index (χ0n) is 17.8. The van der Waals surface area contributed by atoms with Crippen LogP contribution in [0.5, 0.6) is 0 Å². The average Bonchev–Trinajstić information content (AvgIpc) is 3.05. The van der Waals surface area contributed by atoms with Crippen molar-refractivity contribution >= 4 is 19.2 Å². The third kappa shape index (κ3) is 3.40. The predicted octanol–water partition coefficient (Wildman–Crippen LogP) is 3.63. The number of nitrogens with one attached hydrogen (secondary N) is 1. The Balaban J connectivity index is 1.30. The first kappa shape index (κ1) is 21.2. The molecule has 7 nitrogen and oxygen atoms in total. The summed E-state index contributed by atoms with van der Waals surface area (Å²) in [7, 11) is -0.461. The fourth-order valence-corrected chi connectivity index (χ4v) is 5.68. The van der Waals surface area contributed by atoms with E-state index in [-0.39, 0.29) is 29.6 Å². The second-order valence-electron chi connectivity index (χ2n) is 9.56. The zero-order valence-corrected chi connectivity index (χ0v) is 17.8. The predicted molar refractivity (Wildman–Crippen MR) is 111 cm³/mol. The SMILES string of the molecule is CC1(C)[C@H]2CC[C@]3(C)OB(CC[C@H](NC(=O)OCc4ccccc4)C(=O)O)O[C@@]13C2. The van der Waals surface area contributed by atoms with Gasteiger partial charge >= 0.3 is 19.2 Å². The summed E-state index contributed by atoms with van der Waals surface area (Å²) in [5.74, 6) is -0.448. The minimum Gasteiger partial charge on any atom is -0.480 e. The summed E-state index contributed by atoms with van der Waals surface area (Å²) in [5.41, 5.74) is 0.259. The highest BCUT2D eigenvalue weighted by Gasteiger charge is 2.75. The summed E-state index contributed by atoms with van der Waals surface area (Å²) in [6, 6.07) is 8.18. The largest absolute Gasteiger partial charge is 0.480 e. The van der Waals surface area contributed by atoms with E-state index in [9.17, 15) is 14.7 Å². The van der Waals surface area contributed by atoms with Gasteiger partial charge in [-0.3, -0.25) is 0 Å². The molecule has 5 rings (SSSR count). The quantitative estimate of drug-likeness (QED) is 0.661. The maximum absolute atomic E-state index is 12.1. The molecular formula is C22H30BNO6. The molecule has 8 heteroatoms. The van der Waals surface area contributed by atoms with E-state index < -0.39 is 25.2 Å². The number of hydrogen-bond donors (Lipinski definition) is 2. The smallest absolute Gasteiger partial charge is 0.457 e. The average molecular weight is 415 g/mol. The van der Waals surface area contributed by atoms with Crippen LogP contribution in [0.15, 0.2) is 30.3 Å². The van der Waals surface area contributed by atoms with Crippen molar-refractivity contribution < 1.29 is 28.7 Å². The number of fused-ring (bicyclic) bond motifs is 1. The van der Waals surface area contributed by atoms with Crippen LogP contribution in [0, 0.1) is 11.3 Å². The van der Waals surface area contributed by atoms with Crippen molar-refractivity contribution in [3.05, 3.63) is 35.9 Å². The number of aliphatic carboxylic acids is 1. The molecule has 1 saturated heterocycles. The van der Waals surface area contributed by atoms with Crippen molar-refractivity contribution in [2.75, 3.05) is 0 Å². The second kappa shape index (κ2) is 7.57. The molecule has 0 unspecified atom stereocenters. The Morgan fingerprint density at radius 3 is 2.63 bits per heavy atom. The minimum atomic E-state index is -1.10. The lowest BCUT2D eigenvalue weighted by molar-refractivity contribution is -0.257. The fraction of sp³-hybridized carbons (Fsp3) is 0.636. The molecule has 3 aliphatic carbocycles. The fourth-order valence-electron chi connectivity index (χ4n) is 5.68. The Morgan fingerprint density at radius 2 is 2.00 bits per heavy atom. The second-order valence-corrected chi connectivity index (χ2v) is 9.56. The van der Waals surface area contributed by atoms with E-state index >= 15 is 0 Å². The van der Waals surface area contributed by atoms with Gasteiger partial charge in [0.25, 0.3) is 0 Å². The van der Waals surface area contributed by atoms with Gasteiger partial charge in [-0.15, -0.1) is 0 Å². The van der Waals surface area contributed by atoms with Gasteiger partial charge in [0.15, 0.2) is 0 Å². The van der Waals surface area contributed by atoms with Gasteiger partial charge in [0.2, 0.25) is 0 Å². The van der Waals surface area contributed by atoms with Crippen LogP contribution in [0.1, 0.15) is 52.0 Å². The summed E-state index contributed by atoms with van der Waals surface area (Å²) in [6.45, 7) is 6.70. The first-order valence-corrected chi connectivity index (χ1v) is 10.7. The van der Waals surface area contributed by atoms with Crippen molar-refractivity contribution in [1.29, 1.82) is 0 Å². The lowest BCUT2D eigenvalue weighted by atomic mass is 9.41. The number of rotatable bonds is 7. The van der Waals surface area contributed by atoms with Crippen LogP contribution in [-0.2, 0) is 25.4 Å². The molecule has 1 heterocycles. The van der Waals surface area contributed by atoms with Gasteiger partial charge in [-0.25, -0.2) is 9.59 Å². The van der Waals surface area contributed by atoms with Crippen molar-refractivity contribution in [3.63, 3.8) is 0 Å². The maximum atomic E-state index is 12.1. The van der Waals surface area contributed by atoms with E-state index in [1.807, 2.05) is 30.3 Å². The Hall–Kier alpha value is -2.06. The first-order valence-electron chi connectivity index (χ1n) is 10.7. The van der Waals surface area contributed by atoms with Gasteiger partial charge in [-0.1, -0.05) is 44.2 Å². The van der Waals surface area contributed by atoms with Crippen molar-refractivity contribution in [2.24, 2.45) is 11.3 Å². The third-order valence-corrected chi connectivity index (χ3v) is 7.64. The molecule has 0 aromatic heterocycles. The van der Waals surface area contributed by atoms with Gasteiger partial charge in [0.1, 0.15) is 12.6 Å². The summed E-state index contributed by atoms with van der Waals surface area (Å²) < 4.78 is 17.9. The molecule has 1 amide bonds. The van der Waals surface area contributed by atoms with Gasteiger partial charge < -0.3 is 24.5 Å². The Labute approximate surface area is 177 Å². The molecular weight excluding hydrogens is 385 g/mol. The van der Waals surface area contributed by atoms with Crippen LogP contribution in [0.4, 0.5) is 4.79 Å². The summed E-state index contributed by atoms with van der Waals surface area (Å²) in [5, 5.41) is 12.0. The van der Waals surface area contributed by atoms with E-state index in [0.29, 0.717) is 12.2 Å². The highest BCUT2D eigenvalue weighted by molar-refractivity contribution is 6.45. The number of amides is 1. The molecule has 30 heavy (non-hydrogen) atoms. The molecule has 1 aromatic rings. The van der Waals surface area contributed by atoms with E-state index in [0.717, 1.165) is 24.8 Å². The number of alkyl carbamates (subject to hydrolysis) is 1. The highest BCUT2D eigenvalue weighted by atomic mass is 16.7. The third-order valence-electron chi connectivity index (χ3n) is 7.64. The monoisotopic (exact) mass is 415 g/mol. The summed E-state index contributed by atoms with van der Waals surface area (Å²) in [6.07, 6.45) is 2.95. The van der Waals surface area contributed by atoms with Crippen LogP contribution < -0.4 is 5.32 Å². The van der Waals surface area contributed by atoms with Crippen molar-refractivity contribution in [2.45, 2.75) is 76.6 Å². The molecule has 2 N–H and O–H groups in total. The first-order chi connectivity index (χ1) is 14.2. The summed E-state index contributed by atoms with van der Waals surface area (Å²) in [4.78, 5) is 23.7. The number of carboxylic acids is 1. The van der Waals surface area contributed by atoms with Crippen LogP contribution in [0.2, 0.25) is 6.32 Å². The van der Waals surface area contributed by atoms with Gasteiger partial charge in [-0.2, -0.15) is 0 Å². The van der Waals surface area contributed by atoms with Gasteiger partial charge in [0, 0.05) is 0 Å². The lowest BCUT2D eigenvalue weighted by Crippen LogP contribution is -2.73. The lowest BCUT2D eigenvalue weighted by Gasteiger charge is -2.69. The standard InChI is InChI=1S/C22H30BNO6/c1-20(2)16-9-11-21(3)22(20,13-16)30-23(29-21)12-10-17(18(25)26)24-19(27)28-14-15-7-5-4-6-8-15/h4-8,16-17H,9-14H2,1-3H3,(H,24,27)(H,25,26)/t16-,17-,21-,22-/m0/s1. The number of ether oxygens (including phenoxy) is 1. The Kier molecular flexibility index (Phi) is 5.35. The molecule has 4 fully saturated rings. The molecule has 0 radical (unpaired) electrons. The topological polar surface area (TPSA) is 94.1 Å². The highest BCUT2D eigenvalue weighted by Crippen LogP contribution is 2.70. The maximum Gasteiger partial charge on any atom is 0.457 e. The minimum absolute atomic E-state index is 0.0560.